The number of benzene rings is 1. The van der Waals surface area contributed by atoms with Gasteiger partial charge in [0, 0.05) is 11.5 Å². The largest absolute Gasteiger partial charge is 0.507 e. The summed E-state index contributed by atoms with van der Waals surface area (Å²) in [6.45, 7) is 9.77. The van der Waals surface area contributed by atoms with Gasteiger partial charge in [-0.05, 0) is 69.1 Å². The number of aliphatic hydroxyl groups excluding tert-OH is 1. The molecule has 9 nitrogen and oxygen atoms in total. The van der Waals surface area contributed by atoms with Gasteiger partial charge in [0.1, 0.15) is 24.4 Å². The number of hydrogen-bond donors (Lipinski definition) is 4. The van der Waals surface area contributed by atoms with Crippen LogP contribution in [0.3, 0.4) is 0 Å². The van der Waals surface area contributed by atoms with Gasteiger partial charge in [-0.15, -0.1) is 0 Å². The highest BCUT2D eigenvalue weighted by Crippen LogP contribution is 2.47. The minimum atomic E-state index is -4.79. The van der Waals surface area contributed by atoms with Crippen LogP contribution >= 0.6 is 0 Å². The van der Waals surface area contributed by atoms with Crippen molar-refractivity contribution in [2.24, 2.45) is 17.8 Å². The predicted molar refractivity (Wildman–Crippen MR) is 141 cm³/mol. The summed E-state index contributed by atoms with van der Waals surface area (Å²) in [7, 11) is -4.79. The van der Waals surface area contributed by atoms with Crippen LogP contribution in [0.1, 0.15) is 83.8 Å². The lowest BCUT2D eigenvalue weighted by atomic mass is 9.71. The molecule has 208 valence electrons. The van der Waals surface area contributed by atoms with Gasteiger partial charge >= 0.3 is 10.3 Å². The molecule has 1 saturated heterocycles. The van der Waals surface area contributed by atoms with E-state index in [1.54, 1.807) is 0 Å². The van der Waals surface area contributed by atoms with E-state index in [4.69, 9.17) is 4.74 Å². The number of carbonyl (C=O) groups is 1. The Hall–Kier alpha value is -2.14. The monoisotopic (exact) mass is 538 g/mol. The van der Waals surface area contributed by atoms with Gasteiger partial charge in [-0.25, -0.2) is 0 Å². The van der Waals surface area contributed by atoms with Crippen LogP contribution in [0.25, 0.3) is 0 Å². The fourth-order valence-corrected chi connectivity index (χ4v) is 6.44. The summed E-state index contributed by atoms with van der Waals surface area (Å²) in [6, 6.07) is 3.74. The zero-order valence-corrected chi connectivity index (χ0v) is 23.3. The first-order valence-corrected chi connectivity index (χ1v) is 14.6. The van der Waals surface area contributed by atoms with E-state index in [0.717, 1.165) is 44.1 Å². The van der Waals surface area contributed by atoms with Crippen molar-refractivity contribution in [1.82, 2.24) is 9.62 Å². The van der Waals surface area contributed by atoms with E-state index in [9.17, 15) is 28.0 Å². The Bertz CT molecular complexity index is 1100. The highest BCUT2D eigenvalue weighted by atomic mass is 32.2. The van der Waals surface area contributed by atoms with Crippen molar-refractivity contribution in [3.63, 3.8) is 0 Å². The van der Waals surface area contributed by atoms with Crippen molar-refractivity contribution in [2.45, 2.75) is 91.3 Å². The van der Waals surface area contributed by atoms with Crippen molar-refractivity contribution in [3.8, 4) is 11.5 Å². The first-order chi connectivity index (χ1) is 17.4. The Morgan fingerprint density at radius 2 is 1.92 bits per heavy atom. The summed E-state index contributed by atoms with van der Waals surface area (Å²) in [5.41, 5.74) is 2.90. The molecule has 2 aliphatic rings. The summed E-state index contributed by atoms with van der Waals surface area (Å²) in [5, 5.41) is 24.0. The SMILES string of the molecule is CCCCCc1cc(O)c([C@@H]2C=C(C)CC[C@H]2C(C)C)c(OCNC2[C@@H]([C@@H](C)O)C(=O)N2S(=O)(=O)O)c1. The zero-order chi connectivity index (χ0) is 27.5. The number of amides is 1. The number of hydrogen-bond acceptors (Lipinski definition) is 7. The average Bonchev–Trinajstić information content (AvgIpc) is 2.76. The molecular formula is C27H42N2O7S. The Morgan fingerprint density at radius 1 is 1.22 bits per heavy atom. The van der Waals surface area contributed by atoms with E-state index in [0.29, 0.717) is 27.5 Å². The normalized spacial score (nSPS) is 25.1. The Balaban J connectivity index is 1.91. The second kappa shape index (κ2) is 12.1. The Labute approximate surface area is 220 Å². The smallest absolute Gasteiger partial charge is 0.363 e. The van der Waals surface area contributed by atoms with E-state index in [1.165, 1.54) is 12.5 Å². The Kier molecular flexibility index (Phi) is 9.66. The van der Waals surface area contributed by atoms with Crippen molar-refractivity contribution in [1.29, 1.82) is 0 Å². The fraction of sp³-hybridized carbons (Fsp3) is 0.667. The molecule has 0 aromatic heterocycles. The number of rotatable bonds is 12. The minimum Gasteiger partial charge on any atom is -0.507 e. The highest BCUT2D eigenvalue weighted by Gasteiger charge is 2.55. The van der Waals surface area contributed by atoms with Gasteiger partial charge in [-0.2, -0.15) is 12.7 Å². The number of unbranched alkanes of at least 4 members (excludes halogenated alkanes) is 2. The van der Waals surface area contributed by atoms with E-state index >= 15 is 0 Å². The number of nitrogens with zero attached hydrogens (tertiary/aromatic N) is 1. The van der Waals surface area contributed by atoms with Crippen LogP contribution < -0.4 is 10.1 Å². The molecule has 1 fully saturated rings. The molecule has 3 rings (SSSR count). The number of aromatic hydroxyl groups is 1. The van der Waals surface area contributed by atoms with Crippen LogP contribution in [-0.4, -0.2) is 52.4 Å². The lowest BCUT2D eigenvalue weighted by Gasteiger charge is -2.45. The van der Waals surface area contributed by atoms with Crippen molar-refractivity contribution >= 4 is 16.2 Å². The van der Waals surface area contributed by atoms with Crippen LogP contribution in [0.5, 0.6) is 11.5 Å². The minimum absolute atomic E-state index is 0.0433. The number of phenols is 1. The molecule has 1 amide bonds. The molecule has 5 atom stereocenters. The number of ether oxygens (including phenoxy) is 1. The number of allylic oxidation sites excluding steroid dienone is 2. The van der Waals surface area contributed by atoms with Crippen LogP contribution in [0.15, 0.2) is 23.8 Å². The summed E-state index contributed by atoms with van der Waals surface area (Å²) in [5.74, 6) is -0.584. The second-order valence-electron chi connectivity index (χ2n) is 10.8. The van der Waals surface area contributed by atoms with Gasteiger partial charge in [0.05, 0.1) is 12.0 Å². The molecule has 1 unspecified atom stereocenters. The molecule has 10 heteroatoms. The molecule has 1 aliphatic heterocycles. The molecule has 37 heavy (non-hydrogen) atoms. The van der Waals surface area contributed by atoms with E-state index < -0.39 is 34.4 Å². The molecule has 0 spiro atoms. The van der Waals surface area contributed by atoms with Gasteiger partial charge in [-0.3, -0.25) is 14.7 Å². The number of phenolic OH excluding ortho intramolecular Hbond substituents is 1. The molecule has 1 heterocycles. The molecule has 4 N–H and O–H groups in total. The number of aliphatic hydroxyl groups is 1. The van der Waals surface area contributed by atoms with Crippen LogP contribution in [-0.2, 0) is 21.5 Å². The van der Waals surface area contributed by atoms with Gasteiger partial charge in [0.2, 0.25) is 5.91 Å². The average molecular weight is 539 g/mol. The molecule has 1 aromatic carbocycles. The molecule has 0 bridgehead atoms. The summed E-state index contributed by atoms with van der Waals surface area (Å²) < 4.78 is 39.3. The first-order valence-electron chi connectivity index (χ1n) is 13.2. The maximum absolute atomic E-state index is 12.2. The van der Waals surface area contributed by atoms with Gasteiger partial charge < -0.3 is 14.9 Å². The summed E-state index contributed by atoms with van der Waals surface area (Å²) in [6.07, 6.45) is 5.87. The first kappa shape index (κ1) is 29.4. The maximum Gasteiger partial charge on any atom is 0.363 e. The van der Waals surface area contributed by atoms with E-state index in [1.807, 2.05) is 12.1 Å². The van der Waals surface area contributed by atoms with Gasteiger partial charge in [0.25, 0.3) is 0 Å². The van der Waals surface area contributed by atoms with E-state index in [-0.39, 0.29) is 18.4 Å². The number of β-lactam (4-membered cyclic amide) rings is 1. The Morgan fingerprint density at radius 3 is 2.51 bits per heavy atom. The van der Waals surface area contributed by atoms with Crippen LogP contribution in [0.4, 0.5) is 0 Å². The third-order valence-corrected chi connectivity index (χ3v) is 8.52. The predicted octanol–water partition coefficient (Wildman–Crippen LogP) is 4.11. The van der Waals surface area contributed by atoms with Crippen molar-refractivity contribution in [2.75, 3.05) is 6.73 Å². The molecule has 0 saturated carbocycles. The zero-order valence-electron chi connectivity index (χ0n) is 22.5. The summed E-state index contributed by atoms with van der Waals surface area (Å²) >= 11 is 0. The molecule has 1 aromatic rings. The van der Waals surface area contributed by atoms with Crippen molar-refractivity contribution in [3.05, 3.63) is 34.9 Å². The van der Waals surface area contributed by atoms with Gasteiger partial charge in [-0.1, -0.05) is 45.3 Å². The van der Waals surface area contributed by atoms with Crippen molar-refractivity contribution < 1.29 is 32.7 Å². The quantitative estimate of drug-likeness (QED) is 0.103. The number of nitrogens with one attached hydrogen (secondary N) is 1. The number of carbonyl (C=O) groups excluding carboxylic acids is 1. The molecule has 1 aliphatic carbocycles. The van der Waals surface area contributed by atoms with Gasteiger partial charge in [0.15, 0.2) is 0 Å². The third kappa shape index (κ3) is 6.66. The van der Waals surface area contributed by atoms with Crippen LogP contribution in [0, 0.1) is 17.8 Å². The molecule has 0 radical (unpaired) electrons. The molecular weight excluding hydrogens is 496 g/mol. The maximum atomic E-state index is 12.2. The topological polar surface area (TPSA) is 136 Å². The summed E-state index contributed by atoms with van der Waals surface area (Å²) in [4.78, 5) is 12.2. The number of aryl methyl sites for hydroxylation is 1. The van der Waals surface area contributed by atoms with Crippen LogP contribution in [0.2, 0.25) is 0 Å². The third-order valence-electron chi connectivity index (χ3n) is 7.62. The lowest BCUT2D eigenvalue weighted by molar-refractivity contribution is -0.156. The highest BCUT2D eigenvalue weighted by molar-refractivity contribution is 7.84. The fourth-order valence-electron chi connectivity index (χ4n) is 5.60. The lowest BCUT2D eigenvalue weighted by Crippen LogP contribution is -2.71. The standard InChI is InChI=1S/C27H42N2O7S/c1-6-7-8-9-19-13-22(31)25(21-12-17(4)10-11-20(21)16(2)3)23(14-19)36-15-28-26-24(18(5)30)27(32)29(26)37(33,34)35/h12-14,16,18,20-21,24,26,28,30-31H,6-11,15H2,1-5H3,(H,33,34,35)/t18-,20+,21-,24-,26?/m1/s1. The van der Waals surface area contributed by atoms with E-state index in [2.05, 4.69) is 39.1 Å². The second-order valence-corrected chi connectivity index (χ2v) is 12.1.